The summed E-state index contributed by atoms with van der Waals surface area (Å²) in [5.41, 5.74) is 10.6. The van der Waals surface area contributed by atoms with E-state index in [2.05, 4.69) is 44.2 Å². The summed E-state index contributed by atoms with van der Waals surface area (Å²) in [7, 11) is 0. The summed E-state index contributed by atoms with van der Waals surface area (Å²) in [6.07, 6.45) is 8.68. The highest BCUT2D eigenvalue weighted by Crippen LogP contribution is 2.48. The van der Waals surface area contributed by atoms with Gasteiger partial charge in [0.15, 0.2) is 5.65 Å². The molecule has 6 nitrogen and oxygen atoms in total. The van der Waals surface area contributed by atoms with Gasteiger partial charge >= 0.3 is 0 Å². The molecule has 0 amide bonds. The standard InChI is InChI=1S/C20H18N6/c21-19-23-11-14(12-24-19)13-4-6-15(7-5-13)20(8-2-9-20)18-25-16-3-1-10-22-17(16)26-18/h1,3-7,10-12H,2,8-9H2,(H2,21,23,24)(H,22,25,26). The number of anilines is 1. The SMILES string of the molecule is Nc1ncc(-c2ccc(C3(c4nc5ncccc5[nH]4)CCC3)cc2)cn1. The maximum Gasteiger partial charge on any atom is 0.219 e. The van der Waals surface area contributed by atoms with Crippen LogP contribution in [0.1, 0.15) is 30.7 Å². The Morgan fingerprint density at radius 2 is 1.69 bits per heavy atom. The van der Waals surface area contributed by atoms with E-state index in [1.54, 1.807) is 18.6 Å². The summed E-state index contributed by atoms with van der Waals surface area (Å²) in [6, 6.07) is 12.6. The molecule has 1 saturated carbocycles. The van der Waals surface area contributed by atoms with Crippen LogP contribution in [0.5, 0.6) is 0 Å². The Kier molecular flexibility index (Phi) is 3.25. The van der Waals surface area contributed by atoms with E-state index in [4.69, 9.17) is 10.7 Å². The van der Waals surface area contributed by atoms with Crippen molar-refractivity contribution in [1.29, 1.82) is 0 Å². The van der Waals surface area contributed by atoms with Crippen molar-refractivity contribution in [2.45, 2.75) is 24.7 Å². The zero-order valence-electron chi connectivity index (χ0n) is 14.2. The van der Waals surface area contributed by atoms with Gasteiger partial charge in [0.1, 0.15) is 5.82 Å². The molecule has 1 fully saturated rings. The molecular formula is C20H18N6. The maximum absolute atomic E-state index is 5.57. The van der Waals surface area contributed by atoms with E-state index >= 15 is 0 Å². The Labute approximate surface area is 150 Å². The number of fused-ring (bicyclic) bond motifs is 1. The third-order valence-corrected chi connectivity index (χ3v) is 5.36. The molecule has 0 bridgehead atoms. The first-order valence-electron chi connectivity index (χ1n) is 8.74. The monoisotopic (exact) mass is 342 g/mol. The number of nitrogens with zero attached hydrogens (tertiary/aromatic N) is 4. The first-order chi connectivity index (χ1) is 12.7. The molecular weight excluding hydrogens is 324 g/mol. The fraction of sp³-hybridized carbons (Fsp3) is 0.200. The van der Waals surface area contributed by atoms with E-state index in [0.717, 1.165) is 41.0 Å². The van der Waals surface area contributed by atoms with E-state index in [1.807, 2.05) is 12.1 Å². The van der Waals surface area contributed by atoms with Crippen LogP contribution < -0.4 is 5.73 Å². The average molecular weight is 342 g/mol. The normalized spacial score (nSPS) is 15.7. The molecule has 4 aromatic rings. The number of nitrogens with one attached hydrogen (secondary N) is 1. The van der Waals surface area contributed by atoms with Gasteiger partial charge in [0.25, 0.3) is 0 Å². The molecule has 0 saturated heterocycles. The quantitative estimate of drug-likeness (QED) is 0.594. The second kappa shape index (κ2) is 5.62. The number of benzene rings is 1. The Hall–Kier alpha value is -3.28. The van der Waals surface area contributed by atoms with Gasteiger partial charge in [-0.3, -0.25) is 0 Å². The molecule has 1 aromatic carbocycles. The number of hydrogen-bond donors (Lipinski definition) is 2. The Bertz CT molecular complexity index is 1030. The van der Waals surface area contributed by atoms with Crippen molar-refractivity contribution in [2.75, 3.05) is 5.73 Å². The summed E-state index contributed by atoms with van der Waals surface area (Å²) in [6.45, 7) is 0. The van der Waals surface area contributed by atoms with Gasteiger partial charge < -0.3 is 10.7 Å². The van der Waals surface area contributed by atoms with Gasteiger partial charge in [-0.05, 0) is 36.1 Å². The number of aromatic amines is 1. The fourth-order valence-corrected chi connectivity index (χ4v) is 3.73. The lowest BCUT2D eigenvalue weighted by Gasteiger charge is -2.40. The molecule has 1 aliphatic rings. The zero-order valence-corrected chi connectivity index (χ0v) is 14.2. The molecule has 0 aliphatic heterocycles. The molecule has 3 N–H and O–H groups in total. The topological polar surface area (TPSA) is 93.4 Å². The van der Waals surface area contributed by atoms with E-state index in [1.165, 1.54) is 12.0 Å². The number of hydrogen-bond acceptors (Lipinski definition) is 5. The Morgan fingerprint density at radius 1 is 0.923 bits per heavy atom. The van der Waals surface area contributed by atoms with Crippen molar-refractivity contribution in [1.82, 2.24) is 24.9 Å². The molecule has 128 valence electrons. The smallest absolute Gasteiger partial charge is 0.219 e. The molecule has 0 radical (unpaired) electrons. The minimum atomic E-state index is -0.0448. The molecule has 0 atom stereocenters. The van der Waals surface area contributed by atoms with Gasteiger partial charge in [-0.15, -0.1) is 0 Å². The number of imidazole rings is 1. The van der Waals surface area contributed by atoms with Crippen molar-refractivity contribution < 1.29 is 0 Å². The summed E-state index contributed by atoms with van der Waals surface area (Å²) < 4.78 is 0. The van der Waals surface area contributed by atoms with Crippen LogP contribution >= 0.6 is 0 Å². The summed E-state index contributed by atoms with van der Waals surface area (Å²) in [5.74, 6) is 1.30. The molecule has 26 heavy (non-hydrogen) atoms. The van der Waals surface area contributed by atoms with Gasteiger partial charge in [0.2, 0.25) is 5.95 Å². The molecule has 5 rings (SSSR count). The van der Waals surface area contributed by atoms with Crippen LogP contribution in [0, 0.1) is 0 Å². The number of H-pyrrole nitrogens is 1. The van der Waals surface area contributed by atoms with Gasteiger partial charge in [0, 0.05) is 24.2 Å². The maximum atomic E-state index is 5.57. The highest BCUT2D eigenvalue weighted by atomic mass is 15.0. The Morgan fingerprint density at radius 3 is 2.35 bits per heavy atom. The van der Waals surface area contributed by atoms with Crippen LogP contribution in [-0.4, -0.2) is 24.9 Å². The molecule has 3 heterocycles. The highest BCUT2D eigenvalue weighted by Gasteiger charge is 2.43. The molecule has 0 spiro atoms. The Balaban J connectivity index is 1.53. The fourth-order valence-electron chi connectivity index (χ4n) is 3.73. The number of aromatic nitrogens is 5. The van der Waals surface area contributed by atoms with Crippen LogP contribution in [0.4, 0.5) is 5.95 Å². The second-order valence-electron chi connectivity index (χ2n) is 6.80. The molecule has 6 heteroatoms. The van der Waals surface area contributed by atoms with Crippen LogP contribution in [0.25, 0.3) is 22.3 Å². The lowest BCUT2D eigenvalue weighted by atomic mass is 9.64. The number of nitrogens with two attached hydrogens (primary N) is 1. The molecule has 3 aromatic heterocycles. The van der Waals surface area contributed by atoms with Crippen LogP contribution in [0.15, 0.2) is 55.0 Å². The van der Waals surface area contributed by atoms with Crippen molar-refractivity contribution in [3.63, 3.8) is 0 Å². The highest BCUT2D eigenvalue weighted by molar-refractivity contribution is 5.71. The number of rotatable bonds is 3. The first kappa shape index (κ1) is 15.0. The molecule has 1 aliphatic carbocycles. The minimum Gasteiger partial charge on any atom is -0.368 e. The average Bonchev–Trinajstić information content (AvgIpc) is 3.06. The van der Waals surface area contributed by atoms with Crippen LogP contribution in [0.3, 0.4) is 0 Å². The van der Waals surface area contributed by atoms with Gasteiger partial charge in [0.05, 0.1) is 10.9 Å². The lowest BCUT2D eigenvalue weighted by molar-refractivity contribution is 0.287. The predicted molar refractivity (Wildman–Crippen MR) is 100 cm³/mol. The summed E-state index contributed by atoms with van der Waals surface area (Å²) >= 11 is 0. The number of pyridine rings is 1. The van der Waals surface area contributed by atoms with Crippen LogP contribution in [-0.2, 0) is 5.41 Å². The van der Waals surface area contributed by atoms with Crippen molar-refractivity contribution >= 4 is 17.1 Å². The van der Waals surface area contributed by atoms with Gasteiger partial charge in [-0.25, -0.2) is 19.9 Å². The van der Waals surface area contributed by atoms with Crippen LogP contribution in [0.2, 0.25) is 0 Å². The third-order valence-electron chi connectivity index (χ3n) is 5.36. The van der Waals surface area contributed by atoms with Gasteiger partial charge in [-0.2, -0.15) is 0 Å². The van der Waals surface area contributed by atoms with E-state index in [-0.39, 0.29) is 11.4 Å². The summed E-state index contributed by atoms with van der Waals surface area (Å²) in [5, 5.41) is 0. The number of nitrogen functional groups attached to an aromatic ring is 1. The molecule has 0 unspecified atom stereocenters. The first-order valence-corrected chi connectivity index (χ1v) is 8.74. The van der Waals surface area contributed by atoms with Crippen molar-refractivity contribution in [3.8, 4) is 11.1 Å². The third kappa shape index (κ3) is 2.26. The van der Waals surface area contributed by atoms with Crippen molar-refractivity contribution in [3.05, 3.63) is 66.4 Å². The van der Waals surface area contributed by atoms with E-state index in [9.17, 15) is 0 Å². The lowest BCUT2D eigenvalue weighted by Crippen LogP contribution is -2.36. The second-order valence-corrected chi connectivity index (χ2v) is 6.80. The predicted octanol–water partition coefficient (Wildman–Crippen LogP) is 3.47. The minimum absolute atomic E-state index is 0.0448. The van der Waals surface area contributed by atoms with Crippen molar-refractivity contribution in [2.24, 2.45) is 0 Å². The van der Waals surface area contributed by atoms with E-state index in [0.29, 0.717) is 0 Å². The largest absolute Gasteiger partial charge is 0.368 e. The summed E-state index contributed by atoms with van der Waals surface area (Å²) in [4.78, 5) is 20.8. The van der Waals surface area contributed by atoms with E-state index < -0.39 is 0 Å². The van der Waals surface area contributed by atoms with Gasteiger partial charge in [-0.1, -0.05) is 30.7 Å². The zero-order chi connectivity index (χ0) is 17.6.